The number of hydrogen-bond donors (Lipinski definition) is 1. The number of hydrogen-bond acceptors (Lipinski definition) is 2. The van der Waals surface area contributed by atoms with Crippen molar-refractivity contribution in [3.63, 3.8) is 0 Å². The molecule has 0 bridgehead atoms. The molecule has 0 saturated heterocycles. The van der Waals surface area contributed by atoms with Gasteiger partial charge in [0.2, 0.25) is 11.8 Å². The van der Waals surface area contributed by atoms with E-state index in [0.717, 1.165) is 31.2 Å². The molecule has 0 spiro atoms. The Balaban J connectivity index is 1.85. The van der Waals surface area contributed by atoms with Gasteiger partial charge in [0.15, 0.2) is 0 Å². The summed E-state index contributed by atoms with van der Waals surface area (Å²) in [4.78, 5) is 25.7. The van der Waals surface area contributed by atoms with Crippen molar-refractivity contribution in [1.29, 1.82) is 0 Å². The summed E-state index contributed by atoms with van der Waals surface area (Å²) in [5, 5.41) is 3.54. The normalized spacial score (nSPS) is 15.4. The van der Waals surface area contributed by atoms with E-state index in [4.69, 9.17) is 11.6 Å². The van der Waals surface area contributed by atoms with Gasteiger partial charge in [-0.3, -0.25) is 9.59 Å². The first-order chi connectivity index (χ1) is 10.6. The van der Waals surface area contributed by atoms with E-state index in [1.807, 2.05) is 12.1 Å². The quantitative estimate of drug-likeness (QED) is 0.905. The van der Waals surface area contributed by atoms with Crippen molar-refractivity contribution >= 4 is 23.4 Å². The Morgan fingerprint density at radius 3 is 2.41 bits per heavy atom. The van der Waals surface area contributed by atoms with Gasteiger partial charge in [-0.15, -0.1) is 0 Å². The summed E-state index contributed by atoms with van der Waals surface area (Å²) in [5.41, 5.74) is 0.991. The van der Waals surface area contributed by atoms with Crippen LogP contribution < -0.4 is 5.32 Å². The number of rotatable bonds is 5. The Morgan fingerprint density at radius 1 is 1.18 bits per heavy atom. The van der Waals surface area contributed by atoms with E-state index >= 15 is 0 Å². The highest BCUT2D eigenvalue weighted by molar-refractivity contribution is 6.30. The van der Waals surface area contributed by atoms with Gasteiger partial charge in [0.1, 0.15) is 0 Å². The molecule has 0 unspecified atom stereocenters. The maximum absolute atomic E-state index is 12.1. The summed E-state index contributed by atoms with van der Waals surface area (Å²) in [7, 11) is 0. The third-order valence-electron chi connectivity index (χ3n) is 4.14. The van der Waals surface area contributed by atoms with Crippen LogP contribution in [0.25, 0.3) is 0 Å². The zero-order chi connectivity index (χ0) is 15.9. The van der Waals surface area contributed by atoms with Gasteiger partial charge in [-0.25, -0.2) is 0 Å². The predicted octanol–water partition coefficient (Wildman–Crippen LogP) is 3.14. The van der Waals surface area contributed by atoms with E-state index in [-0.39, 0.29) is 24.4 Å². The standard InChI is InChI=1S/C17H23ClN2O2/c1-13(21)20(16-5-3-2-4-6-16)12-17(22)19-11-14-7-9-15(18)10-8-14/h7-10,16H,2-6,11-12H2,1H3,(H,19,22). The first-order valence-corrected chi connectivity index (χ1v) is 8.22. The molecule has 1 aromatic carbocycles. The third-order valence-corrected chi connectivity index (χ3v) is 4.39. The average molecular weight is 323 g/mol. The lowest BCUT2D eigenvalue weighted by molar-refractivity contribution is -0.137. The van der Waals surface area contributed by atoms with Crippen molar-refractivity contribution in [2.24, 2.45) is 0 Å². The highest BCUT2D eigenvalue weighted by Crippen LogP contribution is 2.22. The highest BCUT2D eigenvalue weighted by Gasteiger charge is 2.24. The van der Waals surface area contributed by atoms with Crippen LogP contribution in [-0.2, 0) is 16.1 Å². The van der Waals surface area contributed by atoms with Crippen LogP contribution >= 0.6 is 11.6 Å². The molecule has 1 aromatic rings. The van der Waals surface area contributed by atoms with Gasteiger partial charge in [0, 0.05) is 24.5 Å². The van der Waals surface area contributed by atoms with Crippen molar-refractivity contribution in [1.82, 2.24) is 10.2 Å². The molecule has 1 aliphatic rings. The number of nitrogens with zero attached hydrogens (tertiary/aromatic N) is 1. The molecule has 1 fully saturated rings. The number of amides is 2. The fourth-order valence-electron chi connectivity index (χ4n) is 2.90. The van der Waals surface area contributed by atoms with Gasteiger partial charge in [0.25, 0.3) is 0 Å². The van der Waals surface area contributed by atoms with Gasteiger partial charge in [-0.1, -0.05) is 43.0 Å². The minimum atomic E-state index is -0.115. The molecule has 0 radical (unpaired) electrons. The minimum Gasteiger partial charge on any atom is -0.350 e. The Hall–Kier alpha value is -1.55. The first-order valence-electron chi connectivity index (χ1n) is 7.84. The van der Waals surface area contributed by atoms with Gasteiger partial charge in [-0.05, 0) is 30.5 Å². The van der Waals surface area contributed by atoms with Crippen LogP contribution in [0.5, 0.6) is 0 Å². The smallest absolute Gasteiger partial charge is 0.239 e. The van der Waals surface area contributed by atoms with Crippen molar-refractivity contribution in [3.8, 4) is 0 Å². The van der Waals surface area contributed by atoms with Crippen molar-refractivity contribution < 1.29 is 9.59 Å². The molecule has 5 heteroatoms. The fraction of sp³-hybridized carbons (Fsp3) is 0.529. The fourth-order valence-corrected chi connectivity index (χ4v) is 3.03. The average Bonchev–Trinajstić information content (AvgIpc) is 2.52. The van der Waals surface area contributed by atoms with Crippen molar-refractivity contribution in [2.75, 3.05) is 6.54 Å². The number of halogens is 1. The summed E-state index contributed by atoms with van der Waals surface area (Å²) in [6.45, 7) is 2.14. The van der Waals surface area contributed by atoms with E-state index in [0.29, 0.717) is 11.6 Å². The van der Waals surface area contributed by atoms with Gasteiger partial charge in [0.05, 0.1) is 6.54 Å². The molecule has 2 amide bonds. The number of carbonyl (C=O) groups is 2. The van der Waals surface area contributed by atoms with Crippen molar-refractivity contribution in [2.45, 2.75) is 51.6 Å². The second kappa shape index (κ2) is 8.18. The van der Waals surface area contributed by atoms with Gasteiger partial charge >= 0.3 is 0 Å². The maximum Gasteiger partial charge on any atom is 0.239 e. The van der Waals surface area contributed by atoms with E-state index in [9.17, 15) is 9.59 Å². The minimum absolute atomic E-state index is 0.0199. The Bertz CT molecular complexity index is 510. The van der Waals surface area contributed by atoms with Crippen LogP contribution in [0, 0.1) is 0 Å². The highest BCUT2D eigenvalue weighted by atomic mass is 35.5. The van der Waals surface area contributed by atoms with Gasteiger partial charge < -0.3 is 10.2 Å². The lowest BCUT2D eigenvalue weighted by Crippen LogP contribution is -2.46. The molecule has 22 heavy (non-hydrogen) atoms. The molecule has 0 atom stereocenters. The van der Waals surface area contributed by atoms with E-state index in [1.165, 1.54) is 6.42 Å². The van der Waals surface area contributed by atoms with Crippen LogP contribution in [-0.4, -0.2) is 29.3 Å². The SMILES string of the molecule is CC(=O)N(CC(=O)NCc1ccc(Cl)cc1)C1CCCCC1. The second-order valence-electron chi connectivity index (χ2n) is 5.84. The van der Waals surface area contributed by atoms with Crippen molar-refractivity contribution in [3.05, 3.63) is 34.9 Å². The summed E-state index contributed by atoms with van der Waals surface area (Å²) < 4.78 is 0. The lowest BCUT2D eigenvalue weighted by Gasteiger charge is -2.33. The molecule has 1 saturated carbocycles. The van der Waals surface area contributed by atoms with Crippen LogP contribution in [0.15, 0.2) is 24.3 Å². The van der Waals surface area contributed by atoms with Gasteiger partial charge in [-0.2, -0.15) is 0 Å². The summed E-state index contributed by atoms with van der Waals surface area (Å²) in [5.74, 6) is -0.135. The summed E-state index contributed by atoms with van der Waals surface area (Å²) >= 11 is 5.83. The summed E-state index contributed by atoms with van der Waals surface area (Å²) in [6.07, 6.45) is 5.51. The molecule has 2 rings (SSSR count). The predicted molar refractivity (Wildman–Crippen MR) is 87.6 cm³/mol. The molecule has 0 aliphatic heterocycles. The lowest BCUT2D eigenvalue weighted by atomic mass is 9.94. The Kier molecular flexibility index (Phi) is 6.25. The largest absolute Gasteiger partial charge is 0.350 e. The third kappa shape index (κ3) is 5.02. The molecule has 120 valence electrons. The molecule has 1 aliphatic carbocycles. The van der Waals surface area contributed by atoms with Crippen LogP contribution in [0.2, 0.25) is 5.02 Å². The first kappa shape index (κ1) is 16.8. The van der Waals surface area contributed by atoms with Crippen LogP contribution in [0.4, 0.5) is 0 Å². The van der Waals surface area contributed by atoms with E-state index < -0.39 is 0 Å². The molecule has 0 aromatic heterocycles. The molecular weight excluding hydrogens is 300 g/mol. The number of carbonyl (C=O) groups excluding carboxylic acids is 2. The zero-order valence-electron chi connectivity index (χ0n) is 13.0. The monoisotopic (exact) mass is 322 g/mol. The molecule has 4 nitrogen and oxygen atoms in total. The summed E-state index contributed by atoms with van der Waals surface area (Å²) in [6, 6.07) is 7.58. The molecule has 0 heterocycles. The second-order valence-corrected chi connectivity index (χ2v) is 6.28. The van der Waals surface area contributed by atoms with E-state index in [2.05, 4.69) is 5.32 Å². The van der Waals surface area contributed by atoms with Crippen LogP contribution in [0.1, 0.15) is 44.6 Å². The zero-order valence-corrected chi connectivity index (χ0v) is 13.7. The van der Waals surface area contributed by atoms with E-state index in [1.54, 1.807) is 24.0 Å². The topological polar surface area (TPSA) is 49.4 Å². The number of benzene rings is 1. The molecular formula is C17H23ClN2O2. The molecule has 1 N–H and O–H groups in total. The Labute approximate surface area is 136 Å². The number of nitrogens with one attached hydrogen (secondary N) is 1. The maximum atomic E-state index is 12.1. The van der Waals surface area contributed by atoms with Crippen LogP contribution in [0.3, 0.4) is 0 Å². The Morgan fingerprint density at radius 2 is 1.82 bits per heavy atom.